The van der Waals surface area contributed by atoms with Crippen molar-refractivity contribution in [1.29, 1.82) is 0 Å². The SMILES string of the molecule is Cc1ccc(C=NNC(=O)CN(Cc2c(Cl)cccc2Cl)S(=O)(=O)c2ccc(Cl)cc2)cc1. The minimum absolute atomic E-state index is 0.0222. The number of carbonyl (C=O) groups is 1. The highest BCUT2D eigenvalue weighted by molar-refractivity contribution is 7.89. The lowest BCUT2D eigenvalue weighted by molar-refractivity contribution is -0.121. The molecule has 3 aromatic carbocycles. The Labute approximate surface area is 207 Å². The summed E-state index contributed by atoms with van der Waals surface area (Å²) in [4.78, 5) is 12.5. The van der Waals surface area contributed by atoms with Crippen LogP contribution in [-0.4, -0.2) is 31.4 Å². The van der Waals surface area contributed by atoms with Crippen LogP contribution in [0.5, 0.6) is 0 Å². The van der Waals surface area contributed by atoms with Gasteiger partial charge < -0.3 is 0 Å². The van der Waals surface area contributed by atoms with Crippen LogP contribution in [0.2, 0.25) is 15.1 Å². The van der Waals surface area contributed by atoms with E-state index in [1.54, 1.807) is 18.2 Å². The normalized spacial score (nSPS) is 11.8. The summed E-state index contributed by atoms with van der Waals surface area (Å²) in [5, 5.41) is 4.88. The van der Waals surface area contributed by atoms with Gasteiger partial charge in [-0.1, -0.05) is 70.7 Å². The standard InChI is InChI=1S/C23H20Cl3N3O3S/c1-16-5-7-17(8-6-16)13-27-28-23(30)15-29(14-20-21(25)3-2-4-22(20)26)33(31,32)19-11-9-18(24)10-12-19/h2-13H,14-15H2,1H3,(H,28,30). The van der Waals surface area contributed by atoms with Gasteiger partial charge in [0.1, 0.15) is 0 Å². The van der Waals surface area contributed by atoms with Gasteiger partial charge in [0.05, 0.1) is 17.7 Å². The second-order valence-electron chi connectivity index (χ2n) is 7.13. The van der Waals surface area contributed by atoms with Crippen LogP contribution in [0.1, 0.15) is 16.7 Å². The molecule has 3 aromatic rings. The molecule has 0 aliphatic rings. The van der Waals surface area contributed by atoms with Gasteiger partial charge >= 0.3 is 0 Å². The summed E-state index contributed by atoms with van der Waals surface area (Å²) in [7, 11) is -4.08. The zero-order valence-corrected chi connectivity index (χ0v) is 20.6. The van der Waals surface area contributed by atoms with Gasteiger partial charge in [-0.2, -0.15) is 9.41 Å². The number of aryl methyl sites for hydroxylation is 1. The summed E-state index contributed by atoms with van der Waals surface area (Å²) in [5.41, 5.74) is 4.63. The summed E-state index contributed by atoms with van der Waals surface area (Å²) >= 11 is 18.4. The third-order valence-electron chi connectivity index (χ3n) is 4.65. The summed E-state index contributed by atoms with van der Waals surface area (Å²) in [5.74, 6) is -0.626. The first-order chi connectivity index (χ1) is 15.7. The molecule has 0 radical (unpaired) electrons. The molecule has 0 spiro atoms. The number of benzene rings is 3. The maximum atomic E-state index is 13.3. The number of amides is 1. The Morgan fingerprint density at radius 1 is 0.970 bits per heavy atom. The number of rotatable bonds is 8. The van der Waals surface area contributed by atoms with Crippen molar-refractivity contribution in [1.82, 2.24) is 9.73 Å². The third-order valence-corrected chi connectivity index (χ3v) is 7.41. The van der Waals surface area contributed by atoms with Crippen LogP contribution in [0, 0.1) is 6.92 Å². The van der Waals surface area contributed by atoms with E-state index in [0.717, 1.165) is 15.4 Å². The van der Waals surface area contributed by atoms with Gasteiger partial charge in [0, 0.05) is 27.2 Å². The van der Waals surface area contributed by atoms with E-state index in [9.17, 15) is 13.2 Å². The molecule has 10 heteroatoms. The number of hydrazone groups is 1. The molecule has 1 N–H and O–H groups in total. The van der Waals surface area contributed by atoms with Gasteiger partial charge in [-0.25, -0.2) is 13.8 Å². The van der Waals surface area contributed by atoms with Crippen molar-refractivity contribution in [2.24, 2.45) is 5.10 Å². The van der Waals surface area contributed by atoms with E-state index in [-0.39, 0.29) is 21.5 Å². The van der Waals surface area contributed by atoms with Crippen LogP contribution in [0.25, 0.3) is 0 Å². The highest BCUT2D eigenvalue weighted by atomic mass is 35.5. The van der Waals surface area contributed by atoms with Crippen LogP contribution in [0.15, 0.2) is 76.7 Å². The molecule has 0 aliphatic heterocycles. The molecule has 0 unspecified atom stereocenters. The van der Waals surface area contributed by atoms with Crippen molar-refractivity contribution >= 4 is 56.9 Å². The lowest BCUT2D eigenvalue weighted by atomic mass is 10.2. The summed E-state index contributed by atoms with van der Waals surface area (Å²) in [6.45, 7) is 1.25. The zero-order valence-electron chi connectivity index (χ0n) is 17.5. The van der Waals surface area contributed by atoms with E-state index in [1.165, 1.54) is 30.5 Å². The lowest BCUT2D eigenvalue weighted by Crippen LogP contribution is -2.39. The molecule has 0 heterocycles. The van der Waals surface area contributed by atoms with Crippen molar-refractivity contribution in [2.45, 2.75) is 18.4 Å². The molecule has 1 amide bonds. The quantitative estimate of drug-likeness (QED) is 0.321. The maximum absolute atomic E-state index is 13.3. The van der Waals surface area contributed by atoms with Crippen molar-refractivity contribution in [3.05, 3.63) is 98.5 Å². The Bertz CT molecular complexity index is 1240. The van der Waals surface area contributed by atoms with Crippen molar-refractivity contribution in [3.63, 3.8) is 0 Å². The molecule has 0 atom stereocenters. The van der Waals surface area contributed by atoms with Gasteiger partial charge in [0.2, 0.25) is 10.0 Å². The van der Waals surface area contributed by atoms with Crippen molar-refractivity contribution in [3.8, 4) is 0 Å². The second kappa shape index (κ2) is 11.1. The summed E-state index contributed by atoms with van der Waals surface area (Å²) in [6, 6.07) is 18.0. The fraction of sp³-hybridized carbons (Fsp3) is 0.130. The molecule has 0 saturated carbocycles. The molecule has 3 rings (SSSR count). The lowest BCUT2D eigenvalue weighted by Gasteiger charge is -2.22. The Morgan fingerprint density at radius 3 is 2.18 bits per heavy atom. The molecular weight excluding hydrogens is 505 g/mol. The molecule has 0 aromatic heterocycles. The van der Waals surface area contributed by atoms with E-state index in [4.69, 9.17) is 34.8 Å². The fourth-order valence-corrected chi connectivity index (χ4v) is 4.88. The Morgan fingerprint density at radius 2 is 1.58 bits per heavy atom. The summed E-state index contributed by atoms with van der Waals surface area (Å²) in [6.07, 6.45) is 1.47. The molecule has 0 aliphatic carbocycles. The van der Waals surface area contributed by atoms with Gasteiger partial charge in [-0.05, 0) is 48.9 Å². The fourth-order valence-electron chi connectivity index (χ4n) is 2.87. The second-order valence-corrected chi connectivity index (χ2v) is 10.3. The largest absolute Gasteiger partial charge is 0.272 e. The third kappa shape index (κ3) is 6.79. The van der Waals surface area contributed by atoms with Gasteiger partial charge in [0.25, 0.3) is 5.91 Å². The van der Waals surface area contributed by atoms with E-state index < -0.39 is 22.5 Å². The Hall–Kier alpha value is -2.42. The molecule has 172 valence electrons. The Balaban J connectivity index is 1.84. The van der Waals surface area contributed by atoms with E-state index >= 15 is 0 Å². The highest BCUT2D eigenvalue weighted by Crippen LogP contribution is 2.28. The van der Waals surface area contributed by atoms with Gasteiger partial charge in [-0.3, -0.25) is 4.79 Å². The predicted octanol–water partition coefficient (Wildman–Crippen LogP) is 5.30. The number of sulfonamides is 1. The van der Waals surface area contributed by atoms with E-state index in [1.807, 2.05) is 31.2 Å². The first-order valence-electron chi connectivity index (χ1n) is 9.74. The van der Waals surface area contributed by atoms with Crippen LogP contribution >= 0.6 is 34.8 Å². The van der Waals surface area contributed by atoms with Crippen molar-refractivity contribution < 1.29 is 13.2 Å². The number of nitrogens with one attached hydrogen (secondary N) is 1. The Kier molecular flexibility index (Phi) is 8.51. The molecular formula is C23H20Cl3N3O3S. The molecule has 33 heavy (non-hydrogen) atoms. The summed E-state index contributed by atoms with van der Waals surface area (Å²) < 4.78 is 27.6. The van der Waals surface area contributed by atoms with E-state index in [2.05, 4.69) is 10.5 Å². The average Bonchev–Trinajstić information content (AvgIpc) is 2.77. The zero-order chi connectivity index (χ0) is 24.0. The molecule has 0 fully saturated rings. The molecule has 0 bridgehead atoms. The van der Waals surface area contributed by atoms with Crippen LogP contribution < -0.4 is 5.43 Å². The van der Waals surface area contributed by atoms with Gasteiger partial charge in [0.15, 0.2) is 0 Å². The first kappa shape index (κ1) is 25.2. The maximum Gasteiger partial charge on any atom is 0.255 e. The topological polar surface area (TPSA) is 78.8 Å². The monoisotopic (exact) mass is 523 g/mol. The average molecular weight is 525 g/mol. The van der Waals surface area contributed by atoms with E-state index in [0.29, 0.717) is 10.6 Å². The predicted molar refractivity (Wildman–Crippen MR) is 132 cm³/mol. The molecule has 6 nitrogen and oxygen atoms in total. The molecule has 0 saturated heterocycles. The van der Waals surface area contributed by atoms with Crippen molar-refractivity contribution in [2.75, 3.05) is 6.54 Å². The minimum Gasteiger partial charge on any atom is -0.272 e. The number of hydrogen-bond acceptors (Lipinski definition) is 4. The highest BCUT2D eigenvalue weighted by Gasteiger charge is 2.28. The minimum atomic E-state index is -4.08. The number of carbonyl (C=O) groups excluding carboxylic acids is 1. The van der Waals surface area contributed by atoms with Crippen LogP contribution in [0.3, 0.4) is 0 Å². The number of nitrogens with zero attached hydrogens (tertiary/aromatic N) is 2. The van der Waals surface area contributed by atoms with Crippen LogP contribution in [0.4, 0.5) is 0 Å². The number of hydrogen-bond donors (Lipinski definition) is 1. The van der Waals surface area contributed by atoms with Crippen LogP contribution in [-0.2, 0) is 21.4 Å². The van der Waals surface area contributed by atoms with Gasteiger partial charge in [-0.15, -0.1) is 0 Å². The number of halogens is 3. The smallest absolute Gasteiger partial charge is 0.255 e. The first-order valence-corrected chi connectivity index (χ1v) is 12.3.